The van der Waals surface area contributed by atoms with Gasteiger partial charge < -0.3 is 10.6 Å². The lowest BCUT2D eigenvalue weighted by Crippen LogP contribution is -2.15. The molecule has 2 amide bonds. The number of anilines is 2. The summed E-state index contributed by atoms with van der Waals surface area (Å²) in [6, 6.07) is 12.7. The second-order valence-electron chi connectivity index (χ2n) is 6.24. The highest BCUT2D eigenvalue weighted by Crippen LogP contribution is 2.22. The molecule has 5 nitrogen and oxygen atoms in total. The van der Waals surface area contributed by atoms with Crippen molar-refractivity contribution in [1.82, 2.24) is 0 Å². The molecule has 2 aromatic rings. The minimum Gasteiger partial charge on any atom is -0.326 e. The molecule has 0 aromatic heterocycles. The fourth-order valence-electron chi connectivity index (χ4n) is 2.61. The second kappa shape index (κ2) is 8.94. The zero-order chi connectivity index (χ0) is 19.1. The number of aryl methyl sites for hydroxylation is 2. The summed E-state index contributed by atoms with van der Waals surface area (Å²) in [5, 5.41) is 5.55. The van der Waals surface area contributed by atoms with E-state index in [0.717, 1.165) is 17.5 Å². The first-order chi connectivity index (χ1) is 12.4. The van der Waals surface area contributed by atoms with E-state index in [1.165, 1.54) is 6.92 Å². The van der Waals surface area contributed by atoms with Crippen molar-refractivity contribution in [3.63, 3.8) is 0 Å². The fraction of sp³-hybridized carbons (Fsp3) is 0.286. The molecule has 0 atom stereocenters. The van der Waals surface area contributed by atoms with Crippen LogP contribution in [0.3, 0.4) is 0 Å². The van der Waals surface area contributed by atoms with Crippen LogP contribution in [0.2, 0.25) is 0 Å². The number of nitrogens with one attached hydrogen (secondary N) is 2. The Morgan fingerprint density at radius 3 is 2.23 bits per heavy atom. The monoisotopic (exact) mass is 352 g/mol. The highest BCUT2D eigenvalue weighted by Gasteiger charge is 2.11. The Bertz CT molecular complexity index is 811. The average Bonchev–Trinajstić information content (AvgIpc) is 2.60. The van der Waals surface area contributed by atoms with Gasteiger partial charge in [0.2, 0.25) is 11.8 Å². The summed E-state index contributed by atoms with van der Waals surface area (Å²) in [5.74, 6) is -0.446. The molecule has 0 saturated carbocycles. The van der Waals surface area contributed by atoms with E-state index in [1.54, 1.807) is 24.3 Å². The van der Waals surface area contributed by atoms with Gasteiger partial charge >= 0.3 is 0 Å². The van der Waals surface area contributed by atoms with Gasteiger partial charge in [0.15, 0.2) is 5.78 Å². The summed E-state index contributed by atoms with van der Waals surface area (Å²) in [7, 11) is 0. The first-order valence-electron chi connectivity index (χ1n) is 8.69. The van der Waals surface area contributed by atoms with E-state index in [-0.39, 0.29) is 30.4 Å². The van der Waals surface area contributed by atoms with Gasteiger partial charge in [0.05, 0.1) is 0 Å². The number of amides is 2. The highest BCUT2D eigenvalue weighted by atomic mass is 16.2. The molecule has 2 aromatic carbocycles. The lowest BCUT2D eigenvalue weighted by atomic mass is 10.0. The number of benzene rings is 2. The zero-order valence-corrected chi connectivity index (χ0v) is 15.4. The van der Waals surface area contributed by atoms with Gasteiger partial charge in [-0.3, -0.25) is 14.4 Å². The molecule has 2 rings (SSSR count). The minimum atomic E-state index is -0.222. The Kier molecular flexibility index (Phi) is 6.67. The number of carbonyl (C=O) groups is 3. The summed E-state index contributed by atoms with van der Waals surface area (Å²) in [5.41, 5.74) is 3.96. The van der Waals surface area contributed by atoms with E-state index >= 15 is 0 Å². The smallest absolute Gasteiger partial charge is 0.224 e. The average molecular weight is 352 g/mol. The molecule has 5 heteroatoms. The van der Waals surface area contributed by atoms with Gasteiger partial charge in [-0.15, -0.1) is 0 Å². The molecular formula is C21H24N2O3. The number of rotatable bonds is 7. The molecule has 0 fully saturated rings. The van der Waals surface area contributed by atoms with E-state index in [4.69, 9.17) is 0 Å². The molecule has 26 heavy (non-hydrogen) atoms. The van der Waals surface area contributed by atoms with E-state index in [0.29, 0.717) is 16.9 Å². The van der Waals surface area contributed by atoms with Crippen LogP contribution in [0.15, 0.2) is 42.5 Å². The van der Waals surface area contributed by atoms with Crippen LogP contribution < -0.4 is 10.6 Å². The molecule has 0 bridgehead atoms. The van der Waals surface area contributed by atoms with Crippen LogP contribution >= 0.6 is 0 Å². The molecule has 0 unspecified atom stereocenters. The summed E-state index contributed by atoms with van der Waals surface area (Å²) in [6.07, 6.45) is 1.01. The molecule has 0 spiro atoms. The molecule has 0 aliphatic rings. The number of hydrogen-bond acceptors (Lipinski definition) is 3. The van der Waals surface area contributed by atoms with Gasteiger partial charge in [-0.05, 0) is 31.0 Å². The van der Waals surface area contributed by atoms with Crippen LogP contribution in [0.4, 0.5) is 11.4 Å². The van der Waals surface area contributed by atoms with Gasteiger partial charge in [0.25, 0.3) is 0 Å². The van der Waals surface area contributed by atoms with Crippen molar-refractivity contribution in [3.8, 4) is 0 Å². The molecule has 0 radical (unpaired) electrons. The largest absolute Gasteiger partial charge is 0.326 e. The lowest BCUT2D eigenvalue weighted by Gasteiger charge is -2.12. The topological polar surface area (TPSA) is 75.3 Å². The lowest BCUT2D eigenvalue weighted by molar-refractivity contribution is -0.116. The molecule has 2 N–H and O–H groups in total. The van der Waals surface area contributed by atoms with Crippen LogP contribution in [0.25, 0.3) is 0 Å². The van der Waals surface area contributed by atoms with Crippen molar-refractivity contribution in [2.45, 2.75) is 40.0 Å². The van der Waals surface area contributed by atoms with Gasteiger partial charge in [0.1, 0.15) is 0 Å². The standard InChI is InChI=1S/C21H24N2O3/c1-4-16-9-10-18(22-15(3)24)13-19(16)23-21(26)12-11-20(25)17-7-5-14(2)6-8-17/h5-10,13H,4,11-12H2,1-3H3,(H,22,24)(H,23,26). The maximum atomic E-state index is 12.3. The fourth-order valence-corrected chi connectivity index (χ4v) is 2.61. The first-order valence-corrected chi connectivity index (χ1v) is 8.69. The maximum absolute atomic E-state index is 12.3. The van der Waals surface area contributed by atoms with Crippen LogP contribution in [0.1, 0.15) is 48.2 Å². The first kappa shape index (κ1) is 19.4. The highest BCUT2D eigenvalue weighted by molar-refractivity contribution is 6.00. The summed E-state index contributed by atoms with van der Waals surface area (Å²) >= 11 is 0. The molecule has 0 aliphatic heterocycles. The van der Waals surface area contributed by atoms with Gasteiger partial charge in [-0.2, -0.15) is 0 Å². The molecular weight excluding hydrogens is 328 g/mol. The predicted molar refractivity (Wildman–Crippen MR) is 103 cm³/mol. The Labute approximate surface area is 153 Å². The van der Waals surface area contributed by atoms with E-state index in [9.17, 15) is 14.4 Å². The summed E-state index contributed by atoms with van der Waals surface area (Å²) in [6.45, 7) is 5.38. The third-order valence-corrected chi connectivity index (χ3v) is 4.04. The second-order valence-corrected chi connectivity index (χ2v) is 6.24. The van der Waals surface area contributed by atoms with Crippen molar-refractivity contribution in [2.24, 2.45) is 0 Å². The third-order valence-electron chi connectivity index (χ3n) is 4.04. The van der Waals surface area contributed by atoms with E-state index in [2.05, 4.69) is 10.6 Å². The van der Waals surface area contributed by atoms with Gasteiger partial charge in [-0.25, -0.2) is 0 Å². The van der Waals surface area contributed by atoms with Crippen molar-refractivity contribution in [1.29, 1.82) is 0 Å². The van der Waals surface area contributed by atoms with Crippen molar-refractivity contribution < 1.29 is 14.4 Å². The quantitative estimate of drug-likeness (QED) is 0.736. The van der Waals surface area contributed by atoms with Crippen molar-refractivity contribution in [2.75, 3.05) is 10.6 Å². The third kappa shape index (κ3) is 5.55. The van der Waals surface area contributed by atoms with Gasteiger partial charge in [-0.1, -0.05) is 42.8 Å². The Morgan fingerprint density at radius 1 is 0.923 bits per heavy atom. The number of ketones is 1. The number of carbonyl (C=O) groups excluding carboxylic acids is 3. The predicted octanol–water partition coefficient (Wildman–Crippen LogP) is 4.12. The van der Waals surface area contributed by atoms with Crippen LogP contribution in [-0.4, -0.2) is 17.6 Å². The Morgan fingerprint density at radius 2 is 1.62 bits per heavy atom. The Hall–Kier alpha value is -2.95. The SMILES string of the molecule is CCc1ccc(NC(C)=O)cc1NC(=O)CCC(=O)c1ccc(C)cc1. The molecule has 0 aliphatic carbocycles. The van der Waals surface area contributed by atoms with Crippen LogP contribution in [0, 0.1) is 6.92 Å². The Balaban J connectivity index is 1.99. The zero-order valence-electron chi connectivity index (χ0n) is 15.4. The van der Waals surface area contributed by atoms with Crippen molar-refractivity contribution in [3.05, 3.63) is 59.2 Å². The molecule has 136 valence electrons. The van der Waals surface area contributed by atoms with Crippen LogP contribution in [-0.2, 0) is 16.0 Å². The summed E-state index contributed by atoms with van der Waals surface area (Å²) < 4.78 is 0. The van der Waals surface area contributed by atoms with Gasteiger partial charge in [0, 0.05) is 36.7 Å². The summed E-state index contributed by atoms with van der Waals surface area (Å²) in [4.78, 5) is 35.6. The normalized spacial score (nSPS) is 10.3. The maximum Gasteiger partial charge on any atom is 0.224 e. The van der Waals surface area contributed by atoms with E-state index < -0.39 is 0 Å². The number of hydrogen-bond donors (Lipinski definition) is 2. The minimum absolute atomic E-state index is 0.0529. The van der Waals surface area contributed by atoms with Crippen molar-refractivity contribution >= 4 is 29.0 Å². The van der Waals surface area contributed by atoms with Crippen LogP contribution in [0.5, 0.6) is 0 Å². The molecule has 0 saturated heterocycles. The molecule has 0 heterocycles. The van der Waals surface area contributed by atoms with E-state index in [1.807, 2.05) is 32.0 Å². The number of Topliss-reactive ketones (excluding diaryl/α,β-unsaturated/α-hetero) is 1.